The van der Waals surface area contributed by atoms with Crippen LogP contribution in [0.2, 0.25) is 0 Å². The number of nitrogens with zero attached hydrogens (tertiary/aromatic N) is 2. The first-order chi connectivity index (χ1) is 12.1. The van der Waals surface area contributed by atoms with Gasteiger partial charge in [0.25, 0.3) is 0 Å². The van der Waals surface area contributed by atoms with Gasteiger partial charge in [-0.3, -0.25) is 4.90 Å². The Morgan fingerprint density at radius 3 is 2.32 bits per heavy atom. The van der Waals surface area contributed by atoms with Crippen LogP contribution in [0.3, 0.4) is 0 Å². The maximum Gasteiger partial charge on any atom is 0.409 e. The molecular weight excluding hydrogens is 324 g/mol. The van der Waals surface area contributed by atoms with Gasteiger partial charge in [0.1, 0.15) is 6.61 Å². The van der Waals surface area contributed by atoms with E-state index in [1.54, 1.807) is 11.9 Å². The maximum atomic E-state index is 12.0. The fraction of sp³-hybridized carbons (Fsp3) is 0.611. The number of carbonyl (C=O) groups is 1. The molecule has 7 nitrogen and oxygen atoms in total. The van der Waals surface area contributed by atoms with Crippen molar-refractivity contribution in [3.63, 3.8) is 0 Å². The van der Waals surface area contributed by atoms with Gasteiger partial charge in [0.2, 0.25) is 0 Å². The Morgan fingerprint density at radius 1 is 1.04 bits per heavy atom. The van der Waals surface area contributed by atoms with E-state index in [2.05, 4.69) is 6.92 Å². The summed E-state index contributed by atoms with van der Waals surface area (Å²) in [5.41, 5.74) is 2.20. The number of carbonyl (C=O) groups excluding carboxylic acids is 1. The first-order valence-corrected chi connectivity index (χ1v) is 8.58. The number of ether oxygens (including phenoxy) is 2. The Bertz CT molecular complexity index is 481. The lowest BCUT2D eigenvalue weighted by molar-refractivity contribution is 0.0397. The fourth-order valence-electron chi connectivity index (χ4n) is 2.12. The number of aliphatic hydroxyl groups is 2. The minimum absolute atomic E-state index is 0.0190. The van der Waals surface area contributed by atoms with E-state index in [0.29, 0.717) is 26.2 Å². The van der Waals surface area contributed by atoms with E-state index in [1.807, 2.05) is 24.3 Å². The van der Waals surface area contributed by atoms with Crippen LogP contribution >= 0.6 is 0 Å². The number of hydrogen-bond acceptors (Lipinski definition) is 6. The molecule has 1 amide bonds. The molecule has 0 fully saturated rings. The van der Waals surface area contributed by atoms with E-state index in [1.165, 1.54) is 10.5 Å². The van der Waals surface area contributed by atoms with Gasteiger partial charge in [-0.05, 0) is 17.5 Å². The third-order valence-corrected chi connectivity index (χ3v) is 3.84. The lowest BCUT2D eigenvalue weighted by Gasteiger charge is -2.23. The maximum absolute atomic E-state index is 12.0. The Labute approximate surface area is 149 Å². The lowest BCUT2D eigenvalue weighted by Crippen LogP contribution is -2.38. The van der Waals surface area contributed by atoms with Crippen molar-refractivity contribution in [3.05, 3.63) is 35.4 Å². The van der Waals surface area contributed by atoms with Crippen molar-refractivity contribution in [1.82, 2.24) is 9.80 Å². The molecule has 0 saturated carbocycles. The van der Waals surface area contributed by atoms with Crippen LogP contribution in [0.25, 0.3) is 0 Å². The van der Waals surface area contributed by atoms with Crippen LogP contribution in [0.15, 0.2) is 24.3 Å². The molecule has 0 heterocycles. The van der Waals surface area contributed by atoms with Gasteiger partial charge in [0, 0.05) is 26.7 Å². The van der Waals surface area contributed by atoms with E-state index >= 15 is 0 Å². The number of benzene rings is 1. The fourth-order valence-corrected chi connectivity index (χ4v) is 2.12. The second-order valence-corrected chi connectivity index (χ2v) is 5.74. The third-order valence-electron chi connectivity index (χ3n) is 3.84. The van der Waals surface area contributed by atoms with Crippen LogP contribution in [0.5, 0.6) is 0 Å². The number of aliphatic hydroxyl groups excluding tert-OH is 2. The second kappa shape index (κ2) is 12.7. The molecule has 0 atom stereocenters. The van der Waals surface area contributed by atoms with Crippen LogP contribution in [-0.2, 0) is 22.5 Å². The Morgan fingerprint density at radius 2 is 1.72 bits per heavy atom. The number of aryl methyl sites for hydroxylation is 1. The van der Waals surface area contributed by atoms with E-state index < -0.39 is 6.09 Å². The molecule has 1 rings (SSSR count). The molecule has 0 bridgehead atoms. The van der Waals surface area contributed by atoms with E-state index in [-0.39, 0.29) is 26.6 Å². The largest absolute Gasteiger partial charge is 0.445 e. The molecule has 0 aliphatic rings. The van der Waals surface area contributed by atoms with Crippen molar-refractivity contribution < 1.29 is 24.5 Å². The van der Waals surface area contributed by atoms with Gasteiger partial charge in [-0.15, -0.1) is 0 Å². The molecule has 0 saturated heterocycles. The van der Waals surface area contributed by atoms with Crippen LogP contribution in [0.4, 0.5) is 4.79 Å². The van der Waals surface area contributed by atoms with Gasteiger partial charge >= 0.3 is 6.09 Å². The molecule has 0 spiro atoms. The van der Waals surface area contributed by atoms with Crippen LogP contribution in [-0.4, -0.2) is 79.3 Å². The molecule has 0 unspecified atom stereocenters. The minimum atomic E-state index is -0.394. The first kappa shape index (κ1) is 21.4. The molecule has 1 aromatic rings. The zero-order valence-corrected chi connectivity index (χ0v) is 15.2. The highest BCUT2D eigenvalue weighted by atomic mass is 16.6. The number of amides is 1. The van der Waals surface area contributed by atoms with Gasteiger partial charge in [-0.1, -0.05) is 31.2 Å². The average Bonchev–Trinajstić information content (AvgIpc) is 2.65. The molecule has 2 N–H and O–H groups in total. The SMILES string of the molecule is CCc1ccc(COC(=O)N(C)CCN(CO)CCOCCO)cc1. The monoisotopic (exact) mass is 354 g/mol. The summed E-state index contributed by atoms with van der Waals surface area (Å²) >= 11 is 0. The first-order valence-electron chi connectivity index (χ1n) is 8.58. The minimum Gasteiger partial charge on any atom is -0.445 e. The van der Waals surface area contributed by atoms with Crippen molar-refractivity contribution in [1.29, 1.82) is 0 Å². The molecule has 7 heteroatoms. The molecular formula is C18H30N2O5. The Balaban J connectivity index is 2.27. The summed E-state index contributed by atoms with van der Waals surface area (Å²) in [4.78, 5) is 15.2. The quantitative estimate of drug-likeness (QED) is 0.432. The molecule has 25 heavy (non-hydrogen) atoms. The van der Waals surface area contributed by atoms with E-state index in [0.717, 1.165) is 12.0 Å². The van der Waals surface area contributed by atoms with Crippen LogP contribution in [0.1, 0.15) is 18.1 Å². The molecule has 0 aromatic heterocycles. The zero-order chi connectivity index (χ0) is 18.5. The van der Waals surface area contributed by atoms with Crippen molar-refractivity contribution in [2.45, 2.75) is 20.0 Å². The number of hydrogen-bond donors (Lipinski definition) is 2. The van der Waals surface area contributed by atoms with Gasteiger partial charge in [-0.25, -0.2) is 4.79 Å². The van der Waals surface area contributed by atoms with E-state index in [4.69, 9.17) is 14.6 Å². The summed E-state index contributed by atoms with van der Waals surface area (Å²) in [7, 11) is 1.67. The summed E-state index contributed by atoms with van der Waals surface area (Å²) in [5, 5.41) is 18.0. The predicted octanol–water partition coefficient (Wildman–Crippen LogP) is 1.08. The normalized spacial score (nSPS) is 10.9. The van der Waals surface area contributed by atoms with Gasteiger partial charge in [0.05, 0.1) is 26.6 Å². The van der Waals surface area contributed by atoms with Crippen molar-refractivity contribution in [3.8, 4) is 0 Å². The van der Waals surface area contributed by atoms with Crippen LogP contribution < -0.4 is 0 Å². The highest BCUT2D eigenvalue weighted by Crippen LogP contribution is 2.07. The third kappa shape index (κ3) is 8.83. The Hall–Kier alpha value is -1.67. The van der Waals surface area contributed by atoms with Gasteiger partial charge in [-0.2, -0.15) is 0 Å². The highest BCUT2D eigenvalue weighted by Gasteiger charge is 2.12. The van der Waals surface area contributed by atoms with Crippen molar-refractivity contribution in [2.75, 3.05) is 53.2 Å². The molecule has 0 aliphatic carbocycles. The molecule has 1 aromatic carbocycles. The topological polar surface area (TPSA) is 82.5 Å². The second-order valence-electron chi connectivity index (χ2n) is 5.74. The summed E-state index contributed by atoms with van der Waals surface area (Å²) in [5.74, 6) is 0. The lowest BCUT2D eigenvalue weighted by atomic mass is 10.1. The number of likely N-dealkylation sites (N-methyl/N-ethyl adjacent to an activating group) is 1. The summed E-state index contributed by atoms with van der Waals surface area (Å²) in [6.45, 7) is 4.38. The standard InChI is InChI=1S/C18H30N2O5/c1-3-16-4-6-17(7-5-16)14-25-18(23)19(2)8-9-20(15-22)10-12-24-13-11-21/h4-7,21-22H,3,8-15H2,1-2H3. The predicted molar refractivity (Wildman–Crippen MR) is 95.2 cm³/mol. The number of rotatable bonds is 12. The zero-order valence-electron chi connectivity index (χ0n) is 15.2. The average molecular weight is 354 g/mol. The molecule has 142 valence electrons. The smallest absolute Gasteiger partial charge is 0.409 e. The van der Waals surface area contributed by atoms with Crippen LogP contribution in [0, 0.1) is 0 Å². The summed E-state index contributed by atoms with van der Waals surface area (Å²) in [6.07, 6.45) is 0.587. The van der Waals surface area contributed by atoms with Gasteiger partial charge in [0.15, 0.2) is 0 Å². The van der Waals surface area contributed by atoms with Crippen molar-refractivity contribution >= 4 is 6.09 Å². The van der Waals surface area contributed by atoms with Crippen molar-refractivity contribution in [2.24, 2.45) is 0 Å². The molecule has 0 radical (unpaired) electrons. The summed E-state index contributed by atoms with van der Waals surface area (Å²) < 4.78 is 10.5. The highest BCUT2D eigenvalue weighted by molar-refractivity contribution is 5.67. The summed E-state index contributed by atoms with van der Waals surface area (Å²) in [6, 6.07) is 7.99. The van der Waals surface area contributed by atoms with E-state index in [9.17, 15) is 9.90 Å². The molecule has 0 aliphatic heterocycles. The van der Waals surface area contributed by atoms with Gasteiger partial charge < -0.3 is 24.6 Å². The Kier molecular flexibility index (Phi) is 10.8.